The van der Waals surface area contributed by atoms with Crippen LogP contribution in [-0.2, 0) is 9.53 Å². The van der Waals surface area contributed by atoms with Gasteiger partial charge in [0, 0.05) is 19.5 Å². The SMILES string of the molecule is CC(C)(C)OC(=O)N1CCC(CCC([NH])=O)CC1. The van der Waals surface area contributed by atoms with Gasteiger partial charge in [0.1, 0.15) is 5.60 Å². The molecule has 0 atom stereocenters. The van der Waals surface area contributed by atoms with Gasteiger partial charge in [0.15, 0.2) is 0 Å². The van der Waals surface area contributed by atoms with Crippen molar-refractivity contribution in [1.82, 2.24) is 10.6 Å². The zero-order valence-corrected chi connectivity index (χ0v) is 11.5. The Labute approximate surface area is 109 Å². The molecule has 18 heavy (non-hydrogen) atoms. The molecule has 1 radical (unpaired) electrons. The van der Waals surface area contributed by atoms with Crippen LogP contribution in [0.5, 0.6) is 0 Å². The second-order valence-corrected chi connectivity index (χ2v) is 5.87. The first kappa shape index (κ1) is 14.8. The van der Waals surface area contributed by atoms with Gasteiger partial charge >= 0.3 is 6.09 Å². The van der Waals surface area contributed by atoms with Gasteiger partial charge in [-0.25, -0.2) is 4.79 Å². The Morgan fingerprint density at radius 3 is 2.28 bits per heavy atom. The zero-order valence-electron chi connectivity index (χ0n) is 11.5. The van der Waals surface area contributed by atoms with E-state index < -0.39 is 11.5 Å². The van der Waals surface area contributed by atoms with Crippen molar-refractivity contribution in [2.75, 3.05) is 13.1 Å². The molecule has 1 saturated heterocycles. The van der Waals surface area contributed by atoms with Crippen LogP contribution >= 0.6 is 0 Å². The molecule has 1 rings (SSSR count). The summed E-state index contributed by atoms with van der Waals surface area (Å²) in [6, 6.07) is 0. The number of amides is 2. The molecule has 0 aromatic rings. The standard InChI is InChI=1S/C13H23N2O3/c1-13(2,3)18-12(17)15-8-6-10(7-9-15)4-5-11(14)16/h10,14H,4-9H2,1-3H3. The molecular weight excluding hydrogens is 232 g/mol. The quantitative estimate of drug-likeness (QED) is 0.776. The molecule has 5 heteroatoms. The Balaban J connectivity index is 2.30. The van der Waals surface area contributed by atoms with Crippen LogP contribution in [0.4, 0.5) is 4.79 Å². The number of hydrogen-bond acceptors (Lipinski definition) is 3. The normalized spacial score (nSPS) is 17.6. The third-order valence-electron chi connectivity index (χ3n) is 3.05. The van der Waals surface area contributed by atoms with Crippen molar-refractivity contribution >= 4 is 12.0 Å². The lowest BCUT2D eigenvalue weighted by molar-refractivity contribution is -0.119. The van der Waals surface area contributed by atoms with Gasteiger partial charge in [0.2, 0.25) is 5.91 Å². The number of nitrogens with zero attached hydrogens (tertiary/aromatic N) is 1. The number of rotatable bonds is 3. The summed E-state index contributed by atoms with van der Waals surface area (Å²) in [5, 5.41) is 0. The summed E-state index contributed by atoms with van der Waals surface area (Å²) in [4.78, 5) is 24.1. The summed E-state index contributed by atoms with van der Waals surface area (Å²) in [5.41, 5.74) is 6.43. The van der Waals surface area contributed by atoms with Gasteiger partial charge in [-0.3, -0.25) is 10.5 Å². The molecule has 0 aliphatic carbocycles. The van der Waals surface area contributed by atoms with E-state index in [4.69, 9.17) is 10.5 Å². The van der Waals surface area contributed by atoms with Gasteiger partial charge in [-0.05, 0) is 46.0 Å². The maximum Gasteiger partial charge on any atom is 0.410 e. The van der Waals surface area contributed by atoms with E-state index >= 15 is 0 Å². The fraction of sp³-hybridized carbons (Fsp3) is 0.846. The number of carbonyl (C=O) groups excluding carboxylic acids is 2. The Morgan fingerprint density at radius 1 is 1.28 bits per heavy atom. The number of nitrogens with one attached hydrogen (secondary N) is 1. The van der Waals surface area contributed by atoms with E-state index in [1.165, 1.54) is 0 Å². The fourth-order valence-corrected chi connectivity index (χ4v) is 2.07. The molecule has 1 aliphatic heterocycles. The Kier molecular flexibility index (Phi) is 4.99. The van der Waals surface area contributed by atoms with Crippen LogP contribution in [0.3, 0.4) is 0 Å². The van der Waals surface area contributed by atoms with Gasteiger partial charge in [-0.2, -0.15) is 0 Å². The van der Waals surface area contributed by atoms with Gasteiger partial charge in [0.05, 0.1) is 0 Å². The average Bonchev–Trinajstić information content (AvgIpc) is 2.24. The molecule has 1 N–H and O–H groups in total. The van der Waals surface area contributed by atoms with Crippen LogP contribution in [0, 0.1) is 5.92 Å². The summed E-state index contributed by atoms with van der Waals surface area (Å²) in [7, 11) is 0. The largest absolute Gasteiger partial charge is 0.444 e. The van der Waals surface area contributed by atoms with E-state index in [0.717, 1.165) is 19.3 Å². The molecule has 0 bridgehead atoms. The Morgan fingerprint density at radius 2 is 1.83 bits per heavy atom. The van der Waals surface area contributed by atoms with Crippen LogP contribution in [0.15, 0.2) is 0 Å². The van der Waals surface area contributed by atoms with Gasteiger partial charge in [-0.1, -0.05) is 0 Å². The first-order valence-corrected chi connectivity index (χ1v) is 6.50. The first-order valence-electron chi connectivity index (χ1n) is 6.50. The van der Waals surface area contributed by atoms with E-state index in [-0.39, 0.29) is 6.09 Å². The molecule has 0 aromatic heterocycles. The highest BCUT2D eigenvalue weighted by atomic mass is 16.6. The van der Waals surface area contributed by atoms with E-state index in [0.29, 0.717) is 25.4 Å². The zero-order chi connectivity index (χ0) is 13.8. The van der Waals surface area contributed by atoms with Crippen LogP contribution in [-0.4, -0.2) is 35.6 Å². The van der Waals surface area contributed by atoms with Gasteiger partial charge in [-0.15, -0.1) is 0 Å². The molecule has 0 aromatic carbocycles. The summed E-state index contributed by atoms with van der Waals surface area (Å²) >= 11 is 0. The topological polar surface area (TPSA) is 70.4 Å². The van der Waals surface area contributed by atoms with E-state index in [9.17, 15) is 9.59 Å². The number of likely N-dealkylation sites (tertiary alicyclic amines) is 1. The third-order valence-corrected chi connectivity index (χ3v) is 3.05. The van der Waals surface area contributed by atoms with Crippen molar-refractivity contribution in [1.29, 1.82) is 0 Å². The van der Waals surface area contributed by atoms with E-state index in [2.05, 4.69) is 0 Å². The molecule has 0 unspecified atom stereocenters. The van der Waals surface area contributed by atoms with Crippen molar-refractivity contribution in [2.24, 2.45) is 5.92 Å². The molecule has 1 heterocycles. The van der Waals surface area contributed by atoms with E-state index in [1.54, 1.807) is 4.90 Å². The predicted molar refractivity (Wildman–Crippen MR) is 67.9 cm³/mol. The fourth-order valence-electron chi connectivity index (χ4n) is 2.07. The molecule has 5 nitrogen and oxygen atoms in total. The maximum absolute atomic E-state index is 11.8. The summed E-state index contributed by atoms with van der Waals surface area (Å²) in [5.74, 6) is -0.0393. The highest BCUT2D eigenvalue weighted by Gasteiger charge is 2.26. The minimum absolute atomic E-state index is 0.252. The third kappa shape index (κ3) is 5.38. The van der Waals surface area contributed by atoms with Gasteiger partial charge in [0.25, 0.3) is 0 Å². The lowest BCUT2D eigenvalue weighted by atomic mass is 9.92. The first-order chi connectivity index (χ1) is 8.28. The molecule has 1 aliphatic rings. The monoisotopic (exact) mass is 255 g/mol. The number of hydrogen-bond donors (Lipinski definition) is 0. The summed E-state index contributed by atoms with van der Waals surface area (Å²) in [6.45, 7) is 6.95. The summed E-state index contributed by atoms with van der Waals surface area (Å²) in [6.07, 6.45) is 2.64. The molecule has 0 spiro atoms. The number of carbonyl (C=O) groups is 2. The van der Waals surface area contributed by atoms with Crippen LogP contribution in [0.2, 0.25) is 0 Å². The second-order valence-electron chi connectivity index (χ2n) is 5.87. The minimum atomic E-state index is -0.496. The lowest BCUT2D eigenvalue weighted by Gasteiger charge is -2.33. The Hall–Kier alpha value is -1.26. The molecular formula is C13H23N2O3. The van der Waals surface area contributed by atoms with E-state index in [1.807, 2.05) is 20.8 Å². The molecule has 1 fully saturated rings. The highest BCUT2D eigenvalue weighted by Crippen LogP contribution is 2.23. The molecule has 103 valence electrons. The van der Waals surface area contributed by atoms with Crippen molar-refractivity contribution in [3.63, 3.8) is 0 Å². The number of ether oxygens (including phenoxy) is 1. The van der Waals surface area contributed by atoms with Crippen molar-refractivity contribution in [3.8, 4) is 0 Å². The van der Waals surface area contributed by atoms with Crippen LogP contribution in [0.1, 0.15) is 46.5 Å². The van der Waals surface area contributed by atoms with Crippen molar-refractivity contribution in [2.45, 2.75) is 52.1 Å². The van der Waals surface area contributed by atoms with Crippen molar-refractivity contribution in [3.05, 3.63) is 0 Å². The smallest absolute Gasteiger partial charge is 0.410 e. The lowest BCUT2D eigenvalue weighted by Crippen LogP contribution is -2.41. The minimum Gasteiger partial charge on any atom is -0.444 e. The Bertz CT molecular complexity index is 302. The average molecular weight is 255 g/mol. The van der Waals surface area contributed by atoms with Crippen LogP contribution < -0.4 is 5.73 Å². The number of piperidine rings is 1. The highest BCUT2D eigenvalue weighted by molar-refractivity contribution is 5.72. The van der Waals surface area contributed by atoms with Crippen molar-refractivity contribution < 1.29 is 14.3 Å². The predicted octanol–water partition coefficient (Wildman–Crippen LogP) is 2.22. The second kappa shape index (κ2) is 6.07. The van der Waals surface area contributed by atoms with Crippen LogP contribution in [0.25, 0.3) is 0 Å². The maximum atomic E-state index is 11.8. The van der Waals surface area contributed by atoms with Gasteiger partial charge < -0.3 is 9.64 Å². The summed E-state index contributed by atoms with van der Waals surface area (Å²) < 4.78 is 5.31. The molecule has 0 saturated carbocycles. The molecule has 2 amide bonds.